The van der Waals surface area contributed by atoms with E-state index in [9.17, 15) is 4.79 Å². The Balaban J connectivity index is 1.85. The standard InChI is InChI=1S/C15H25N3O2/c1-3-13-4-5-14(20-13)15(19)18-8-6-17(7-9-18)11-12(2)10-16/h4-5,12H,3,6-11,16H2,1-2H3. The van der Waals surface area contributed by atoms with Gasteiger partial charge < -0.3 is 15.1 Å². The first kappa shape index (κ1) is 15.1. The molecule has 5 heteroatoms. The number of amides is 1. The van der Waals surface area contributed by atoms with E-state index in [0.29, 0.717) is 18.2 Å². The van der Waals surface area contributed by atoms with Gasteiger partial charge in [0.25, 0.3) is 5.91 Å². The molecule has 20 heavy (non-hydrogen) atoms. The number of nitrogens with two attached hydrogens (primary N) is 1. The van der Waals surface area contributed by atoms with Crippen LogP contribution in [-0.2, 0) is 6.42 Å². The molecule has 0 aliphatic carbocycles. The summed E-state index contributed by atoms with van der Waals surface area (Å²) in [6.45, 7) is 9.26. The van der Waals surface area contributed by atoms with Crippen LogP contribution in [0.5, 0.6) is 0 Å². The quantitative estimate of drug-likeness (QED) is 0.879. The highest BCUT2D eigenvalue weighted by Crippen LogP contribution is 2.13. The van der Waals surface area contributed by atoms with Crippen molar-refractivity contribution in [2.75, 3.05) is 39.3 Å². The minimum absolute atomic E-state index is 0.0104. The van der Waals surface area contributed by atoms with Gasteiger partial charge in [-0.3, -0.25) is 9.69 Å². The molecule has 1 aromatic rings. The number of piperazine rings is 1. The van der Waals surface area contributed by atoms with Crippen LogP contribution in [0, 0.1) is 5.92 Å². The first-order chi connectivity index (χ1) is 9.63. The van der Waals surface area contributed by atoms with Gasteiger partial charge in [-0.25, -0.2) is 0 Å². The lowest BCUT2D eigenvalue weighted by molar-refractivity contribution is 0.0590. The van der Waals surface area contributed by atoms with Gasteiger partial charge >= 0.3 is 0 Å². The third-order valence-corrected chi connectivity index (χ3v) is 3.85. The fraction of sp³-hybridized carbons (Fsp3) is 0.667. The lowest BCUT2D eigenvalue weighted by Gasteiger charge is -2.35. The van der Waals surface area contributed by atoms with Gasteiger partial charge in [-0.1, -0.05) is 13.8 Å². The van der Waals surface area contributed by atoms with Gasteiger partial charge in [-0.05, 0) is 24.6 Å². The molecule has 2 N–H and O–H groups in total. The number of rotatable bonds is 5. The topological polar surface area (TPSA) is 62.7 Å². The Morgan fingerprint density at radius 1 is 1.35 bits per heavy atom. The molecule has 112 valence electrons. The lowest BCUT2D eigenvalue weighted by Crippen LogP contribution is -2.50. The molecule has 0 spiro atoms. The Morgan fingerprint density at radius 3 is 2.60 bits per heavy atom. The van der Waals surface area contributed by atoms with E-state index in [4.69, 9.17) is 10.2 Å². The predicted octanol–water partition coefficient (Wildman–Crippen LogP) is 1.19. The molecule has 1 atom stereocenters. The Hall–Kier alpha value is -1.33. The van der Waals surface area contributed by atoms with Crippen molar-refractivity contribution in [2.24, 2.45) is 11.7 Å². The van der Waals surface area contributed by atoms with E-state index in [1.807, 2.05) is 17.9 Å². The smallest absolute Gasteiger partial charge is 0.289 e. The van der Waals surface area contributed by atoms with E-state index in [1.165, 1.54) is 0 Å². The second kappa shape index (κ2) is 6.90. The van der Waals surface area contributed by atoms with E-state index in [2.05, 4.69) is 11.8 Å². The van der Waals surface area contributed by atoms with Crippen LogP contribution in [0.4, 0.5) is 0 Å². The van der Waals surface area contributed by atoms with Gasteiger partial charge in [0.15, 0.2) is 5.76 Å². The third-order valence-electron chi connectivity index (χ3n) is 3.85. The first-order valence-electron chi connectivity index (χ1n) is 7.44. The van der Waals surface area contributed by atoms with Gasteiger partial charge in [0.2, 0.25) is 0 Å². The normalized spacial score (nSPS) is 18.2. The van der Waals surface area contributed by atoms with Crippen LogP contribution >= 0.6 is 0 Å². The van der Waals surface area contributed by atoms with E-state index in [-0.39, 0.29) is 5.91 Å². The van der Waals surface area contributed by atoms with Crippen LogP contribution in [0.25, 0.3) is 0 Å². The van der Waals surface area contributed by atoms with Crippen LogP contribution in [-0.4, -0.2) is 55.0 Å². The van der Waals surface area contributed by atoms with Gasteiger partial charge in [0.05, 0.1) is 0 Å². The minimum atomic E-state index is 0.0104. The van der Waals surface area contributed by atoms with Gasteiger partial charge in [-0.15, -0.1) is 0 Å². The van der Waals surface area contributed by atoms with Crippen molar-refractivity contribution in [2.45, 2.75) is 20.3 Å². The third kappa shape index (κ3) is 3.61. The number of hydrogen-bond acceptors (Lipinski definition) is 4. The van der Waals surface area contributed by atoms with Crippen LogP contribution < -0.4 is 5.73 Å². The summed E-state index contributed by atoms with van der Waals surface area (Å²) in [6, 6.07) is 3.66. The van der Waals surface area contributed by atoms with Crippen LogP contribution in [0.2, 0.25) is 0 Å². The average molecular weight is 279 g/mol. The molecule has 1 amide bonds. The monoisotopic (exact) mass is 279 g/mol. The summed E-state index contributed by atoms with van der Waals surface area (Å²) in [5.41, 5.74) is 5.65. The number of hydrogen-bond donors (Lipinski definition) is 1. The highest BCUT2D eigenvalue weighted by Gasteiger charge is 2.24. The molecule has 1 fully saturated rings. The molecule has 1 aromatic heterocycles. The van der Waals surface area contributed by atoms with Crippen molar-refractivity contribution in [3.63, 3.8) is 0 Å². The fourth-order valence-electron chi connectivity index (χ4n) is 2.49. The van der Waals surface area contributed by atoms with E-state index < -0.39 is 0 Å². The summed E-state index contributed by atoms with van der Waals surface area (Å²) in [4.78, 5) is 16.6. The predicted molar refractivity (Wildman–Crippen MR) is 78.6 cm³/mol. The number of furan rings is 1. The Labute approximate surface area is 120 Å². The minimum Gasteiger partial charge on any atom is -0.456 e. The maximum absolute atomic E-state index is 12.3. The maximum Gasteiger partial charge on any atom is 0.289 e. The van der Waals surface area contributed by atoms with Crippen LogP contribution in [0.3, 0.4) is 0 Å². The molecule has 0 radical (unpaired) electrons. The van der Waals surface area contributed by atoms with E-state index >= 15 is 0 Å². The van der Waals surface area contributed by atoms with Gasteiger partial charge in [0.1, 0.15) is 5.76 Å². The summed E-state index contributed by atoms with van der Waals surface area (Å²) in [6.07, 6.45) is 0.817. The second-order valence-electron chi connectivity index (χ2n) is 5.55. The van der Waals surface area contributed by atoms with Crippen molar-refractivity contribution in [1.82, 2.24) is 9.80 Å². The highest BCUT2D eigenvalue weighted by atomic mass is 16.4. The number of carbonyl (C=O) groups is 1. The van der Waals surface area contributed by atoms with Crippen molar-refractivity contribution in [3.05, 3.63) is 23.7 Å². The van der Waals surface area contributed by atoms with Crippen molar-refractivity contribution in [1.29, 1.82) is 0 Å². The van der Waals surface area contributed by atoms with E-state index in [0.717, 1.165) is 44.9 Å². The van der Waals surface area contributed by atoms with Crippen molar-refractivity contribution >= 4 is 5.91 Å². The summed E-state index contributed by atoms with van der Waals surface area (Å²) in [5.74, 6) is 1.85. The van der Waals surface area contributed by atoms with Gasteiger partial charge in [-0.2, -0.15) is 0 Å². The summed E-state index contributed by atoms with van der Waals surface area (Å²) in [5, 5.41) is 0. The molecule has 5 nitrogen and oxygen atoms in total. The number of nitrogens with zero attached hydrogens (tertiary/aromatic N) is 2. The molecule has 0 saturated carbocycles. The molecule has 0 bridgehead atoms. The summed E-state index contributed by atoms with van der Waals surface area (Å²) in [7, 11) is 0. The lowest BCUT2D eigenvalue weighted by atomic mass is 10.1. The van der Waals surface area contributed by atoms with Crippen molar-refractivity contribution in [3.8, 4) is 0 Å². The fourth-order valence-corrected chi connectivity index (χ4v) is 2.49. The molecular weight excluding hydrogens is 254 g/mol. The van der Waals surface area contributed by atoms with Crippen LogP contribution in [0.15, 0.2) is 16.5 Å². The zero-order valence-electron chi connectivity index (χ0n) is 12.5. The van der Waals surface area contributed by atoms with Crippen molar-refractivity contribution < 1.29 is 9.21 Å². The van der Waals surface area contributed by atoms with E-state index in [1.54, 1.807) is 6.07 Å². The number of aryl methyl sites for hydroxylation is 1. The Bertz CT molecular complexity index is 436. The van der Waals surface area contributed by atoms with Gasteiger partial charge in [0, 0.05) is 39.1 Å². The zero-order valence-corrected chi connectivity index (χ0v) is 12.5. The highest BCUT2D eigenvalue weighted by molar-refractivity contribution is 5.91. The molecule has 1 saturated heterocycles. The Morgan fingerprint density at radius 2 is 2.05 bits per heavy atom. The second-order valence-corrected chi connectivity index (χ2v) is 5.55. The number of carbonyl (C=O) groups excluding carboxylic acids is 1. The maximum atomic E-state index is 12.3. The summed E-state index contributed by atoms with van der Waals surface area (Å²) >= 11 is 0. The molecular formula is C15H25N3O2. The Kier molecular flexibility index (Phi) is 5.20. The molecule has 2 rings (SSSR count). The largest absolute Gasteiger partial charge is 0.456 e. The molecule has 0 aromatic carbocycles. The summed E-state index contributed by atoms with van der Waals surface area (Å²) < 4.78 is 5.54. The SMILES string of the molecule is CCc1ccc(C(=O)N2CCN(CC(C)CN)CC2)o1. The molecule has 1 aliphatic heterocycles. The van der Waals surface area contributed by atoms with Crippen LogP contribution in [0.1, 0.15) is 30.2 Å². The zero-order chi connectivity index (χ0) is 14.5. The molecule has 1 unspecified atom stereocenters. The molecule has 1 aliphatic rings. The first-order valence-corrected chi connectivity index (χ1v) is 7.44. The molecule has 2 heterocycles. The average Bonchev–Trinajstić information content (AvgIpc) is 2.96.